The van der Waals surface area contributed by atoms with Crippen molar-refractivity contribution >= 4 is 21.5 Å². The number of hydrogen-bond acceptors (Lipinski definition) is 2. The molecule has 0 aliphatic rings. The van der Waals surface area contributed by atoms with Gasteiger partial charge in [-0.2, -0.15) is 0 Å². The first-order valence-electron chi connectivity index (χ1n) is 10.2. The van der Waals surface area contributed by atoms with Crippen LogP contribution in [0.15, 0.2) is 42.5 Å². The molecule has 0 fully saturated rings. The van der Waals surface area contributed by atoms with Gasteiger partial charge in [-0.3, -0.25) is 0 Å². The zero-order valence-electron chi connectivity index (χ0n) is 17.3. The maximum atomic E-state index is 6.34. The maximum Gasteiger partial charge on any atom is 0.135 e. The highest BCUT2D eigenvalue weighted by Crippen LogP contribution is 2.43. The summed E-state index contributed by atoms with van der Waals surface area (Å²) in [7, 11) is 0. The average molecular weight is 365 g/mol. The van der Waals surface area contributed by atoms with E-state index in [1.54, 1.807) is 0 Å². The van der Waals surface area contributed by atoms with Crippen LogP contribution in [-0.2, 0) is 0 Å². The fourth-order valence-electron chi connectivity index (χ4n) is 3.32. The van der Waals surface area contributed by atoms with Gasteiger partial charge in [0.25, 0.3) is 0 Å². The van der Waals surface area contributed by atoms with Crippen molar-refractivity contribution in [2.24, 2.45) is 11.8 Å². The molecule has 0 N–H and O–H groups in total. The molecule has 0 aliphatic heterocycles. The normalized spacial score (nSPS) is 11.7. The standard InChI is InChI=1S/C25H32O2/c1-17(2)12-14-26-24-20-8-6-7-9-21(20)25(27-15-13-18(3)4)23-16-19(5)10-11-22(23)24/h6-11,16-18H,12-15H2,1-5H3. The van der Waals surface area contributed by atoms with Crippen LogP contribution in [0.25, 0.3) is 21.5 Å². The molecule has 0 radical (unpaired) electrons. The van der Waals surface area contributed by atoms with E-state index < -0.39 is 0 Å². The quantitative estimate of drug-likeness (QED) is 0.395. The Morgan fingerprint density at radius 3 is 1.67 bits per heavy atom. The third-order valence-electron chi connectivity index (χ3n) is 4.96. The number of fused-ring (bicyclic) bond motifs is 2. The fraction of sp³-hybridized carbons (Fsp3) is 0.440. The van der Waals surface area contributed by atoms with Gasteiger partial charge >= 0.3 is 0 Å². The summed E-state index contributed by atoms with van der Waals surface area (Å²) < 4.78 is 12.7. The third kappa shape index (κ3) is 4.55. The highest BCUT2D eigenvalue weighted by molar-refractivity contribution is 6.11. The second-order valence-corrected chi connectivity index (χ2v) is 8.31. The zero-order valence-corrected chi connectivity index (χ0v) is 17.3. The molecule has 0 unspecified atom stereocenters. The van der Waals surface area contributed by atoms with Crippen LogP contribution in [-0.4, -0.2) is 13.2 Å². The van der Waals surface area contributed by atoms with Crippen molar-refractivity contribution in [1.82, 2.24) is 0 Å². The molecule has 0 spiro atoms. The number of aryl methyl sites for hydroxylation is 1. The molecule has 3 aromatic carbocycles. The number of ether oxygens (including phenoxy) is 2. The Morgan fingerprint density at radius 1 is 0.667 bits per heavy atom. The molecule has 2 heteroatoms. The minimum absolute atomic E-state index is 0.628. The molecule has 2 nitrogen and oxygen atoms in total. The van der Waals surface area contributed by atoms with E-state index in [9.17, 15) is 0 Å². The lowest BCUT2D eigenvalue weighted by Gasteiger charge is -2.19. The average Bonchev–Trinajstić information content (AvgIpc) is 2.62. The van der Waals surface area contributed by atoms with Gasteiger partial charge in [0.15, 0.2) is 0 Å². The van der Waals surface area contributed by atoms with E-state index >= 15 is 0 Å². The summed E-state index contributed by atoms with van der Waals surface area (Å²) in [5.74, 6) is 3.23. The van der Waals surface area contributed by atoms with Crippen molar-refractivity contribution in [3.8, 4) is 11.5 Å². The summed E-state index contributed by atoms with van der Waals surface area (Å²) in [6, 6.07) is 15.0. The first kappa shape index (κ1) is 19.5. The molecule has 3 aromatic rings. The minimum Gasteiger partial charge on any atom is -0.492 e. The van der Waals surface area contributed by atoms with Gasteiger partial charge in [-0.1, -0.05) is 69.7 Å². The van der Waals surface area contributed by atoms with Gasteiger partial charge in [0.2, 0.25) is 0 Å². The van der Waals surface area contributed by atoms with Crippen LogP contribution in [0.1, 0.15) is 46.1 Å². The van der Waals surface area contributed by atoms with Crippen LogP contribution in [0.3, 0.4) is 0 Å². The molecule has 3 rings (SSSR count). The lowest BCUT2D eigenvalue weighted by atomic mass is 9.99. The summed E-state index contributed by atoms with van der Waals surface area (Å²) in [5.41, 5.74) is 1.24. The highest BCUT2D eigenvalue weighted by Gasteiger charge is 2.16. The Kier molecular flexibility index (Phi) is 6.26. The fourth-order valence-corrected chi connectivity index (χ4v) is 3.32. The molecule has 0 aromatic heterocycles. The Balaban J connectivity index is 2.13. The van der Waals surface area contributed by atoms with Crippen LogP contribution >= 0.6 is 0 Å². The van der Waals surface area contributed by atoms with E-state index in [-0.39, 0.29) is 0 Å². The lowest BCUT2D eigenvalue weighted by Crippen LogP contribution is -2.05. The van der Waals surface area contributed by atoms with E-state index in [1.165, 1.54) is 5.56 Å². The highest BCUT2D eigenvalue weighted by atomic mass is 16.5. The molecule has 0 amide bonds. The Bertz CT molecular complexity index is 909. The Labute approximate surface area is 163 Å². The monoisotopic (exact) mass is 364 g/mol. The van der Waals surface area contributed by atoms with Gasteiger partial charge in [-0.25, -0.2) is 0 Å². The second kappa shape index (κ2) is 8.65. The molecule has 27 heavy (non-hydrogen) atoms. The number of hydrogen-bond donors (Lipinski definition) is 0. The molecule has 0 saturated carbocycles. The summed E-state index contributed by atoms with van der Waals surface area (Å²) in [6.45, 7) is 12.5. The topological polar surface area (TPSA) is 18.5 Å². The molecular weight excluding hydrogens is 332 g/mol. The van der Waals surface area contributed by atoms with Crippen LogP contribution in [0.2, 0.25) is 0 Å². The Hall–Kier alpha value is -2.22. The summed E-state index contributed by atoms with van der Waals surface area (Å²) in [5, 5.41) is 4.57. The summed E-state index contributed by atoms with van der Waals surface area (Å²) in [6.07, 6.45) is 2.10. The SMILES string of the molecule is Cc1ccc2c(OCCC(C)C)c3ccccc3c(OCCC(C)C)c2c1. The van der Waals surface area contributed by atoms with E-state index in [0.717, 1.165) is 59.1 Å². The van der Waals surface area contributed by atoms with E-state index in [0.29, 0.717) is 11.8 Å². The van der Waals surface area contributed by atoms with Crippen molar-refractivity contribution in [3.63, 3.8) is 0 Å². The van der Waals surface area contributed by atoms with Crippen molar-refractivity contribution in [2.45, 2.75) is 47.5 Å². The van der Waals surface area contributed by atoms with Gasteiger partial charge in [0.1, 0.15) is 11.5 Å². The van der Waals surface area contributed by atoms with Crippen molar-refractivity contribution in [1.29, 1.82) is 0 Å². The zero-order chi connectivity index (χ0) is 19.4. The first-order valence-corrected chi connectivity index (χ1v) is 10.2. The van der Waals surface area contributed by atoms with Gasteiger partial charge in [0, 0.05) is 21.5 Å². The van der Waals surface area contributed by atoms with Crippen LogP contribution in [0, 0.1) is 18.8 Å². The van der Waals surface area contributed by atoms with Crippen molar-refractivity contribution in [2.75, 3.05) is 13.2 Å². The molecule has 0 heterocycles. The van der Waals surface area contributed by atoms with Crippen molar-refractivity contribution < 1.29 is 9.47 Å². The summed E-state index contributed by atoms with van der Waals surface area (Å²) in [4.78, 5) is 0. The largest absolute Gasteiger partial charge is 0.492 e. The Morgan fingerprint density at radius 2 is 1.15 bits per heavy atom. The van der Waals surface area contributed by atoms with Crippen LogP contribution in [0.5, 0.6) is 11.5 Å². The summed E-state index contributed by atoms with van der Waals surface area (Å²) >= 11 is 0. The van der Waals surface area contributed by atoms with Gasteiger partial charge in [-0.15, -0.1) is 0 Å². The molecule has 0 aliphatic carbocycles. The number of benzene rings is 3. The molecule has 0 bridgehead atoms. The van der Waals surface area contributed by atoms with Gasteiger partial charge < -0.3 is 9.47 Å². The predicted octanol–water partition coefficient (Wildman–Crippen LogP) is 7.15. The second-order valence-electron chi connectivity index (χ2n) is 8.31. The van der Waals surface area contributed by atoms with E-state index in [1.807, 2.05) is 0 Å². The molecule has 144 valence electrons. The first-order chi connectivity index (χ1) is 13.0. The number of rotatable bonds is 8. The van der Waals surface area contributed by atoms with E-state index in [2.05, 4.69) is 77.1 Å². The molecule has 0 saturated heterocycles. The van der Waals surface area contributed by atoms with Crippen LogP contribution in [0.4, 0.5) is 0 Å². The molecular formula is C25H32O2. The van der Waals surface area contributed by atoms with Gasteiger partial charge in [0.05, 0.1) is 13.2 Å². The van der Waals surface area contributed by atoms with Crippen molar-refractivity contribution in [3.05, 3.63) is 48.0 Å². The lowest BCUT2D eigenvalue weighted by molar-refractivity contribution is 0.291. The maximum absolute atomic E-state index is 6.34. The smallest absolute Gasteiger partial charge is 0.135 e. The minimum atomic E-state index is 0.628. The predicted molar refractivity (Wildman–Crippen MR) is 116 cm³/mol. The molecule has 0 atom stereocenters. The van der Waals surface area contributed by atoms with Crippen LogP contribution < -0.4 is 9.47 Å². The van der Waals surface area contributed by atoms with Gasteiger partial charge in [-0.05, 0) is 37.7 Å². The van der Waals surface area contributed by atoms with E-state index in [4.69, 9.17) is 9.47 Å². The third-order valence-corrected chi connectivity index (χ3v) is 4.96.